The van der Waals surface area contributed by atoms with Crippen LogP contribution in [0, 0.1) is 16.0 Å². The largest absolute Gasteiger partial charge is 0.465 e. The summed E-state index contributed by atoms with van der Waals surface area (Å²) < 4.78 is 4.78. The Morgan fingerprint density at radius 1 is 1.25 bits per heavy atom. The van der Waals surface area contributed by atoms with E-state index in [4.69, 9.17) is 4.74 Å². The van der Waals surface area contributed by atoms with Crippen LogP contribution < -0.4 is 0 Å². The average molecular weight is 334 g/mol. The zero-order chi connectivity index (χ0) is 18.0. The molecule has 1 unspecified atom stereocenters. The summed E-state index contributed by atoms with van der Waals surface area (Å²) >= 11 is 0. The van der Waals surface area contributed by atoms with Gasteiger partial charge >= 0.3 is 5.97 Å². The first-order valence-corrected chi connectivity index (χ1v) is 7.09. The fourth-order valence-corrected chi connectivity index (χ4v) is 2.35. The number of amides is 2. The van der Waals surface area contributed by atoms with Gasteiger partial charge in [0.15, 0.2) is 0 Å². The van der Waals surface area contributed by atoms with Crippen LogP contribution in [-0.4, -0.2) is 46.5 Å². The van der Waals surface area contributed by atoms with Gasteiger partial charge in [-0.2, -0.15) is 0 Å². The van der Waals surface area contributed by atoms with E-state index in [1.54, 1.807) is 6.92 Å². The zero-order valence-corrected chi connectivity index (χ0v) is 13.0. The lowest BCUT2D eigenvalue weighted by Crippen LogP contribution is -2.40. The molecule has 1 heterocycles. The maximum Gasteiger partial charge on any atom is 0.318 e. The highest BCUT2D eigenvalue weighted by atomic mass is 16.6. The molecule has 0 saturated heterocycles. The lowest BCUT2D eigenvalue weighted by Gasteiger charge is -2.19. The Balaban J connectivity index is 2.31. The number of benzene rings is 1. The summed E-state index contributed by atoms with van der Waals surface area (Å²) in [6.07, 6.45) is 0. The molecule has 9 heteroatoms. The summed E-state index contributed by atoms with van der Waals surface area (Å²) in [7, 11) is 0. The van der Waals surface area contributed by atoms with Crippen LogP contribution in [0.1, 0.15) is 34.6 Å². The summed E-state index contributed by atoms with van der Waals surface area (Å²) in [4.78, 5) is 58.9. The van der Waals surface area contributed by atoms with Gasteiger partial charge in [-0.25, -0.2) is 0 Å². The lowest BCUT2D eigenvalue weighted by atomic mass is 10.1. The number of carbonyl (C=O) groups excluding carboxylic acids is 4. The van der Waals surface area contributed by atoms with Gasteiger partial charge in [-0.3, -0.25) is 34.2 Å². The van der Waals surface area contributed by atoms with E-state index in [9.17, 15) is 29.3 Å². The fraction of sp³-hybridized carbons (Fsp3) is 0.333. The van der Waals surface area contributed by atoms with Gasteiger partial charge in [0.25, 0.3) is 17.5 Å². The number of fused-ring (bicyclic) bond motifs is 1. The normalized spacial score (nSPS) is 14.3. The molecule has 0 fully saturated rings. The Bertz CT molecular complexity index is 756. The van der Waals surface area contributed by atoms with Crippen molar-refractivity contribution in [3.8, 4) is 0 Å². The Kier molecular flexibility index (Phi) is 4.72. The van der Waals surface area contributed by atoms with Crippen LogP contribution in [0.5, 0.6) is 0 Å². The molecule has 0 spiro atoms. The van der Waals surface area contributed by atoms with Crippen LogP contribution in [0.2, 0.25) is 0 Å². The maximum absolute atomic E-state index is 12.3. The molecule has 2 amide bonds. The van der Waals surface area contributed by atoms with E-state index in [1.807, 2.05) is 0 Å². The van der Waals surface area contributed by atoms with Gasteiger partial charge in [-0.15, -0.1) is 0 Å². The number of hydrogen-bond acceptors (Lipinski definition) is 7. The van der Waals surface area contributed by atoms with Gasteiger partial charge in [-0.05, 0) is 19.9 Å². The van der Waals surface area contributed by atoms with E-state index >= 15 is 0 Å². The lowest BCUT2D eigenvalue weighted by molar-refractivity contribution is -0.384. The molecule has 1 aromatic carbocycles. The molecule has 1 atom stereocenters. The van der Waals surface area contributed by atoms with Crippen molar-refractivity contribution in [2.45, 2.75) is 13.8 Å². The number of carbonyl (C=O) groups is 4. The summed E-state index contributed by atoms with van der Waals surface area (Å²) in [5, 5.41) is 10.8. The molecule has 1 aromatic rings. The molecule has 2 rings (SSSR count). The fourth-order valence-electron chi connectivity index (χ4n) is 2.35. The molecular weight excluding hydrogens is 320 g/mol. The van der Waals surface area contributed by atoms with E-state index in [2.05, 4.69) is 0 Å². The number of ketones is 1. The summed E-state index contributed by atoms with van der Waals surface area (Å²) in [5.41, 5.74) is -0.456. The van der Waals surface area contributed by atoms with Crippen LogP contribution in [0.4, 0.5) is 5.69 Å². The number of esters is 1. The first kappa shape index (κ1) is 17.3. The molecule has 0 radical (unpaired) electrons. The van der Waals surface area contributed by atoms with Crippen LogP contribution >= 0.6 is 0 Å². The number of nitro benzene ring substituents is 1. The smallest absolute Gasteiger partial charge is 0.318 e. The molecule has 0 aliphatic carbocycles. The molecule has 0 N–H and O–H groups in total. The van der Waals surface area contributed by atoms with Gasteiger partial charge < -0.3 is 4.74 Å². The second kappa shape index (κ2) is 6.57. The highest BCUT2D eigenvalue weighted by molar-refractivity contribution is 6.22. The van der Waals surface area contributed by atoms with Gasteiger partial charge in [0.2, 0.25) is 0 Å². The third-order valence-electron chi connectivity index (χ3n) is 3.59. The van der Waals surface area contributed by atoms with Gasteiger partial charge in [0.05, 0.1) is 22.7 Å². The van der Waals surface area contributed by atoms with Crippen LogP contribution in [0.15, 0.2) is 18.2 Å². The van der Waals surface area contributed by atoms with Crippen molar-refractivity contribution in [3.05, 3.63) is 39.4 Å². The summed E-state index contributed by atoms with van der Waals surface area (Å²) in [6, 6.07) is 3.30. The predicted molar refractivity (Wildman–Crippen MR) is 79.3 cm³/mol. The molecule has 1 aliphatic rings. The molecule has 24 heavy (non-hydrogen) atoms. The number of nitrogens with zero attached hydrogens (tertiary/aromatic N) is 2. The Morgan fingerprint density at radius 3 is 2.42 bits per heavy atom. The first-order valence-electron chi connectivity index (χ1n) is 7.09. The van der Waals surface area contributed by atoms with E-state index < -0.39 is 41.0 Å². The number of rotatable bonds is 6. The number of hydrogen-bond donors (Lipinski definition) is 0. The number of non-ortho nitro benzene ring substituents is 1. The Labute approximate surface area is 136 Å². The van der Waals surface area contributed by atoms with Gasteiger partial charge in [0, 0.05) is 18.7 Å². The van der Waals surface area contributed by atoms with Crippen molar-refractivity contribution in [3.63, 3.8) is 0 Å². The van der Waals surface area contributed by atoms with Crippen LogP contribution in [-0.2, 0) is 14.3 Å². The minimum atomic E-state index is -1.29. The van der Waals surface area contributed by atoms with E-state index in [0.29, 0.717) is 0 Å². The second-order valence-electron chi connectivity index (χ2n) is 5.12. The molecule has 0 aromatic heterocycles. The SMILES string of the molecule is CCOC(=O)C(CN1C(=O)c2ccc([N+](=O)[O-])cc2C1=O)C(C)=O. The summed E-state index contributed by atoms with van der Waals surface area (Å²) in [6.45, 7) is 2.31. The first-order chi connectivity index (χ1) is 11.3. The van der Waals surface area contributed by atoms with Crippen molar-refractivity contribution in [2.75, 3.05) is 13.2 Å². The monoisotopic (exact) mass is 334 g/mol. The third-order valence-corrected chi connectivity index (χ3v) is 3.59. The predicted octanol–water partition coefficient (Wildman–Crippen LogP) is 0.959. The second-order valence-corrected chi connectivity index (χ2v) is 5.12. The van der Waals surface area contributed by atoms with Gasteiger partial charge in [0.1, 0.15) is 11.7 Å². The molecule has 1 aliphatic heterocycles. The third kappa shape index (κ3) is 3.00. The molecule has 0 bridgehead atoms. The average Bonchev–Trinajstić information content (AvgIpc) is 2.76. The van der Waals surface area contributed by atoms with Crippen molar-refractivity contribution in [2.24, 2.45) is 5.92 Å². The van der Waals surface area contributed by atoms with Crippen molar-refractivity contribution in [1.29, 1.82) is 0 Å². The number of Topliss-reactive ketones (excluding diaryl/α,β-unsaturated/α-hetero) is 1. The molecule has 0 saturated carbocycles. The molecule has 126 valence electrons. The number of imide groups is 1. The topological polar surface area (TPSA) is 124 Å². The highest BCUT2D eigenvalue weighted by Gasteiger charge is 2.40. The number of nitro groups is 1. The number of ether oxygens (including phenoxy) is 1. The maximum atomic E-state index is 12.3. The van der Waals surface area contributed by atoms with Crippen LogP contribution in [0.25, 0.3) is 0 Å². The zero-order valence-electron chi connectivity index (χ0n) is 13.0. The van der Waals surface area contributed by atoms with Crippen LogP contribution in [0.3, 0.4) is 0 Å². The van der Waals surface area contributed by atoms with E-state index in [0.717, 1.165) is 24.0 Å². The minimum absolute atomic E-state index is 0.00300. The van der Waals surface area contributed by atoms with Crippen molar-refractivity contribution in [1.82, 2.24) is 4.90 Å². The van der Waals surface area contributed by atoms with Crippen molar-refractivity contribution < 1.29 is 28.8 Å². The molecule has 9 nitrogen and oxygen atoms in total. The van der Waals surface area contributed by atoms with E-state index in [-0.39, 0.29) is 23.4 Å². The Hall–Kier alpha value is -3.10. The molecular formula is C15H14N2O7. The standard InChI is InChI=1S/C15H14N2O7/c1-3-24-15(21)12(8(2)18)7-16-13(19)10-5-4-9(17(22)23)6-11(10)14(16)20/h4-6,12H,3,7H2,1-2H3. The Morgan fingerprint density at radius 2 is 1.88 bits per heavy atom. The minimum Gasteiger partial charge on any atom is -0.465 e. The highest BCUT2D eigenvalue weighted by Crippen LogP contribution is 2.27. The summed E-state index contributed by atoms with van der Waals surface area (Å²) in [5.74, 6) is -4.15. The van der Waals surface area contributed by atoms with Gasteiger partial charge in [-0.1, -0.05) is 0 Å². The quantitative estimate of drug-likeness (QED) is 0.249. The van der Waals surface area contributed by atoms with Crippen molar-refractivity contribution >= 4 is 29.3 Å². The van der Waals surface area contributed by atoms with E-state index in [1.165, 1.54) is 6.07 Å².